The lowest BCUT2D eigenvalue weighted by Gasteiger charge is -2.07. The molecule has 0 aliphatic carbocycles. The maximum Gasteiger partial charge on any atom is 0.162 e. The van der Waals surface area contributed by atoms with Crippen molar-refractivity contribution in [3.63, 3.8) is 0 Å². The van der Waals surface area contributed by atoms with Gasteiger partial charge in [-0.2, -0.15) is 11.3 Å². The number of thiophene rings is 1. The minimum absolute atomic E-state index is 0.832. The highest BCUT2D eigenvalue weighted by molar-refractivity contribution is 7.08. The third kappa shape index (κ3) is 2.64. The minimum atomic E-state index is 0.832. The third-order valence-corrected chi connectivity index (χ3v) is 3.50. The first-order chi connectivity index (χ1) is 8.24. The largest absolute Gasteiger partial charge is 0.373 e. The van der Waals surface area contributed by atoms with Crippen LogP contribution in [-0.4, -0.2) is 17.0 Å². The Kier molecular flexibility index (Phi) is 3.74. The number of rotatable bonds is 4. The molecule has 0 radical (unpaired) electrons. The zero-order chi connectivity index (χ0) is 12.3. The van der Waals surface area contributed by atoms with Crippen molar-refractivity contribution in [3.8, 4) is 11.4 Å². The number of aromatic nitrogens is 2. The highest BCUT2D eigenvalue weighted by atomic mass is 32.1. The van der Waals surface area contributed by atoms with Crippen molar-refractivity contribution in [2.75, 3.05) is 12.4 Å². The quantitative estimate of drug-likeness (QED) is 0.898. The van der Waals surface area contributed by atoms with E-state index in [0.29, 0.717) is 0 Å². The molecule has 2 heterocycles. The van der Waals surface area contributed by atoms with Crippen molar-refractivity contribution < 1.29 is 0 Å². The van der Waals surface area contributed by atoms with Crippen LogP contribution in [0.4, 0.5) is 5.82 Å². The summed E-state index contributed by atoms with van der Waals surface area (Å²) in [6, 6.07) is 2.02. The van der Waals surface area contributed by atoms with Crippen LogP contribution < -0.4 is 5.32 Å². The number of hydrogen-bond donors (Lipinski definition) is 1. The summed E-state index contributed by atoms with van der Waals surface area (Å²) in [4.78, 5) is 9.15. The van der Waals surface area contributed by atoms with Gasteiger partial charge in [0.05, 0.1) is 0 Å². The van der Waals surface area contributed by atoms with Crippen LogP contribution in [0.25, 0.3) is 11.4 Å². The summed E-state index contributed by atoms with van der Waals surface area (Å²) in [5.74, 6) is 1.73. The lowest BCUT2D eigenvalue weighted by atomic mass is 10.2. The Bertz CT molecular complexity index is 505. The minimum Gasteiger partial charge on any atom is -0.373 e. The van der Waals surface area contributed by atoms with Gasteiger partial charge in [0.25, 0.3) is 0 Å². The summed E-state index contributed by atoms with van der Waals surface area (Å²) in [7, 11) is 1.89. The van der Waals surface area contributed by atoms with Gasteiger partial charge in [-0.3, -0.25) is 0 Å². The molecule has 0 spiro atoms. The molecule has 3 nitrogen and oxygen atoms in total. The lowest BCUT2D eigenvalue weighted by molar-refractivity contribution is 0.876. The van der Waals surface area contributed by atoms with Crippen LogP contribution in [0.15, 0.2) is 16.8 Å². The molecule has 2 rings (SSSR count). The third-order valence-electron chi connectivity index (χ3n) is 2.64. The monoisotopic (exact) mass is 247 g/mol. The second kappa shape index (κ2) is 5.27. The Morgan fingerprint density at radius 1 is 1.29 bits per heavy atom. The van der Waals surface area contributed by atoms with Crippen LogP contribution in [-0.2, 0) is 6.42 Å². The molecule has 90 valence electrons. The van der Waals surface area contributed by atoms with E-state index in [1.165, 1.54) is 5.56 Å². The Labute approximate surface area is 106 Å². The molecule has 1 N–H and O–H groups in total. The van der Waals surface area contributed by atoms with E-state index in [1.807, 2.05) is 13.1 Å². The molecule has 0 aromatic carbocycles. The molecule has 0 aliphatic heterocycles. The zero-order valence-electron chi connectivity index (χ0n) is 10.4. The molecule has 4 heteroatoms. The molecule has 2 aromatic rings. The molecule has 0 aliphatic rings. The van der Waals surface area contributed by atoms with E-state index in [2.05, 4.69) is 39.9 Å². The predicted molar refractivity (Wildman–Crippen MR) is 73.6 cm³/mol. The van der Waals surface area contributed by atoms with Gasteiger partial charge in [-0.05, 0) is 24.3 Å². The molecule has 0 saturated carbocycles. The lowest BCUT2D eigenvalue weighted by Crippen LogP contribution is -2.01. The number of anilines is 1. The topological polar surface area (TPSA) is 37.8 Å². The first kappa shape index (κ1) is 12.0. The van der Waals surface area contributed by atoms with Gasteiger partial charge < -0.3 is 5.32 Å². The highest BCUT2D eigenvalue weighted by Gasteiger charge is 2.09. The summed E-state index contributed by atoms with van der Waals surface area (Å²) in [6.45, 7) is 4.26. The average Bonchev–Trinajstić information content (AvgIpc) is 2.75. The van der Waals surface area contributed by atoms with Crippen LogP contribution in [0.1, 0.15) is 24.6 Å². The summed E-state index contributed by atoms with van der Waals surface area (Å²) in [5.41, 5.74) is 3.49. The second-order valence-corrected chi connectivity index (χ2v) is 4.78. The molecular weight excluding hydrogens is 230 g/mol. The van der Waals surface area contributed by atoms with Gasteiger partial charge in [-0.1, -0.05) is 13.3 Å². The standard InChI is InChI=1S/C13H17N3S/c1-4-5-10-6-12(14-3)16-13(15-10)11-8-17-7-9(11)2/h6-8H,4-5H2,1-3H3,(H,14,15,16). The van der Waals surface area contributed by atoms with Crippen molar-refractivity contribution >= 4 is 17.2 Å². The SMILES string of the molecule is CCCc1cc(NC)nc(-c2cscc2C)n1. The van der Waals surface area contributed by atoms with Crippen LogP contribution in [0.2, 0.25) is 0 Å². The van der Waals surface area contributed by atoms with Gasteiger partial charge in [-0.25, -0.2) is 9.97 Å². The molecular formula is C13H17N3S. The molecule has 17 heavy (non-hydrogen) atoms. The Morgan fingerprint density at radius 2 is 2.12 bits per heavy atom. The number of nitrogens with one attached hydrogen (secondary N) is 1. The van der Waals surface area contributed by atoms with E-state index < -0.39 is 0 Å². The van der Waals surface area contributed by atoms with E-state index in [9.17, 15) is 0 Å². The summed E-state index contributed by atoms with van der Waals surface area (Å²) in [6.07, 6.45) is 2.09. The van der Waals surface area contributed by atoms with Crippen molar-refractivity contribution in [1.82, 2.24) is 9.97 Å². The van der Waals surface area contributed by atoms with E-state index in [1.54, 1.807) is 11.3 Å². The van der Waals surface area contributed by atoms with E-state index in [-0.39, 0.29) is 0 Å². The molecule has 0 bridgehead atoms. The zero-order valence-corrected chi connectivity index (χ0v) is 11.3. The second-order valence-electron chi connectivity index (χ2n) is 4.04. The van der Waals surface area contributed by atoms with Crippen LogP contribution in [0, 0.1) is 6.92 Å². The van der Waals surface area contributed by atoms with Crippen molar-refractivity contribution in [1.29, 1.82) is 0 Å². The Morgan fingerprint density at radius 3 is 2.71 bits per heavy atom. The molecule has 0 saturated heterocycles. The number of hydrogen-bond acceptors (Lipinski definition) is 4. The van der Waals surface area contributed by atoms with Crippen molar-refractivity contribution in [2.24, 2.45) is 0 Å². The van der Waals surface area contributed by atoms with Crippen molar-refractivity contribution in [3.05, 3.63) is 28.1 Å². The van der Waals surface area contributed by atoms with E-state index in [4.69, 9.17) is 0 Å². The first-order valence-electron chi connectivity index (χ1n) is 5.83. The molecule has 0 amide bonds. The average molecular weight is 247 g/mol. The van der Waals surface area contributed by atoms with Crippen LogP contribution in [0.5, 0.6) is 0 Å². The summed E-state index contributed by atoms with van der Waals surface area (Å²) in [5, 5.41) is 7.34. The fraction of sp³-hybridized carbons (Fsp3) is 0.385. The maximum atomic E-state index is 4.63. The maximum absolute atomic E-state index is 4.63. The fourth-order valence-electron chi connectivity index (χ4n) is 1.72. The molecule has 0 unspecified atom stereocenters. The summed E-state index contributed by atoms with van der Waals surface area (Å²) < 4.78 is 0. The summed E-state index contributed by atoms with van der Waals surface area (Å²) >= 11 is 1.69. The van der Waals surface area contributed by atoms with Crippen molar-refractivity contribution in [2.45, 2.75) is 26.7 Å². The van der Waals surface area contributed by atoms with Gasteiger partial charge in [0.1, 0.15) is 5.82 Å². The van der Waals surface area contributed by atoms with E-state index in [0.717, 1.165) is 35.7 Å². The highest BCUT2D eigenvalue weighted by Crippen LogP contribution is 2.25. The van der Waals surface area contributed by atoms with Crippen LogP contribution >= 0.6 is 11.3 Å². The normalized spacial score (nSPS) is 10.5. The first-order valence-corrected chi connectivity index (χ1v) is 6.77. The predicted octanol–water partition coefficient (Wildman–Crippen LogP) is 3.51. The molecule has 0 fully saturated rings. The van der Waals surface area contributed by atoms with Gasteiger partial charge in [0, 0.05) is 29.8 Å². The van der Waals surface area contributed by atoms with Crippen LogP contribution in [0.3, 0.4) is 0 Å². The fourth-order valence-corrected chi connectivity index (χ4v) is 2.55. The van der Waals surface area contributed by atoms with E-state index >= 15 is 0 Å². The van der Waals surface area contributed by atoms with Gasteiger partial charge in [0.15, 0.2) is 5.82 Å². The Balaban J connectivity index is 2.46. The van der Waals surface area contributed by atoms with Gasteiger partial charge in [-0.15, -0.1) is 0 Å². The molecule has 2 aromatic heterocycles. The number of nitrogens with zero attached hydrogens (tertiary/aromatic N) is 2. The molecule has 0 atom stereocenters. The number of aryl methyl sites for hydroxylation is 2. The Hall–Kier alpha value is -1.42. The van der Waals surface area contributed by atoms with Gasteiger partial charge in [0.2, 0.25) is 0 Å². The smallest absolute Gasteiger partial charge is 0.162 e. The van der Waals surface area contributed by atoms with Gasteiger partial charge >= 0.3 is 0 Å².